The normalized spacial score (nSPS) is 11.0. The van der Waals surface area contributed by atoms with Gasteiger partial charge in [0.05, 0.1) is 25.2 Å². The van der Waals surface area contributed by atoms with Crippen molar-refractivity contribution >= 4 is 27.3 Å². The number of carbonyl (C=O) groups excluding carboxylic acids is 1. The summed E-state index contributed by atoms with van der Waals surface area (Å²) in [6.45, 7) is 3.92. The first-order chi connectivity index (χ1) is 9.96. The Balaban J connectivity index is 2.45. The van der Waals surface area contributed by atoms with Crippen LogP contribution in [0.2, 0.25) is 0 Å². The molecule has 0 fully saturated rings. The van der Waals surface area contributed by atoms with Crippen LogP contribution >= 0.6 is 11.3 Å². The number of fused-ring (bicyclic) bond motifs is 1. The molecule has 1 aromatic heterocycles. The van der Waals surface area contributed by atoms with Crippen molar-refractivity contribution in [3.63, 3.8) is 0 Å². The van der Waals surface area contributed by atoms with Gasteiger partial charge in [0, 0.05) is 17.8 Å². The predicted octanol–water partition coefficient (Wildman–Crippen LogP) is 3.33. The second kappa shape index (κ2) is 6.32. The van der Waals surface area contributed by atoms with E-state index in [1.54, 1.807) is 14.2 Å². The molecule has 0 N–H and O–H groups in total. The molecule has 6 heteroatoms. The molecule has 114 valence electrons. The van der Waals surface area contributed by atoms with Crippen molar-refractivity contribution in [3.8, 4) is 11.5 Å². The topological polar surface area (TPSA) is 48.0 Å². The molecule has 1 heterocycles. The number of nitrogens with zero attached hydrogens (tertiary/aromatic N) is 1. The van der Waals surface area contributed by atoms with Gasteiger partial charge in [-0.05, 0) is 31.4 Å². The molecule has 0 saturated heterocycles. The minimum atomic E-state index is -0.177. The summed E-state index contributed by atoms with van der Waals surface area (Å²) in [6.07, 6.45) is 0.0516. The number of hydrogen-bond acceptors (Lipinski definition) is 5. The zero-order valence-electron chi connectivity index (χ0n) is 12.8. The number of hydrogen-bond donors (Lipinski definition) is 0. The number of amides is 1. The van der Waals surface area contributed by atoms with Gasteiger partial charge in [0.1, 0.15) is 0 Å². The van der Waals surface area contributed by atoms with Crippen molar-refractivity contribution in [2.75, 3.05) is 21.3 Å². The third kappa shape index (κ3) is 3.28. The Morgan fingerprint density at radius 2 is 1.90 bits per heavy atom. The van der Waals surface area contributed by atoms with E-state index in [4.69, 9.17) is 14.3 Å². The summed E-state index contributed by atoms with van der Waals surface area (Å²) >= 11 is 1.40. The summed E-state index contributed by atoms with van der Waals surface area (Å²) in [5, 5.41) is 2.15. The minimum Gasteiger partial charge on any atom is -0.493 e. The van der Waals surface area contributed by atoms with Crippen LogP contribution < -0.4 is 9.47 Å². The Bertz CT molecular complexity index is 650. The standard InChI is InChI=1S/C15H19NO4S/c1-9(2)20-12-6-10-7-14(15(17)16(3)19-5)21-13(10)8-11(12)18-4/h6-9H,1-5H3. The maximum absolute atomic E-state index is 12.1. The largest absolute Gasteiger partial charge is 0.493 e. The second-order valence-electron chi connectivity index (χ2n) is 4.80. The van der Waals surface area contributed by atoms with E-state index in [-0.39, 0.29) is 12.0 Å². The van der Waals surface area contributed by atoms with Crippen LogP contribution in [0, 0.1) is 0 Å². The number of carbonyl (C=O) groups is 1. The van der Waals surface area contributed by atoms with Gasteiger partial charge in [-0.2, -0.15) is 0 Å². The van der Waals surface area contributed by atoms with E-state index in [0.717, 1.165) is 10.1 Å². The van der Waals surface area contributed by atoms with Crippen LogP contribution in [0.4, 0.5) is 0 Å². The molecule has 0 spiro atoms. The molecule has 0 radical (unpaired) electrons. The number of hydroxylamine groups is 2. The van der Waals surface area contributed by atoms with Gasteiger partial charge >= 0.3 is 0 Å². The van der Waals surface area contributed by atoms with E-state index in [0.29, 0.717) is 16.4 Å². The molecule has 21 heavy (non-hydrogen) atoms. The van der Waals surface area contributed by atoms with Crippen molar-refractivity contribution in [2.45, 2.75) is 20.0 Å². The van der Waals surface area contributed by atoms with E-state index in [2.05, 4.69) is 0 Å². The lowest BCUT2D eigenvalue weighted by atomic mass is 10.2. The predicted molar refractivity (Wildman–Crippen MR) is 83.2 cm³/mol. The quantitative estimate of drug-likeness (QED) is 0.795. The van der Waals surface area contributed by atoms with Gasteiger partial charge in [0.2, 0.25) is 0 Å². The van der Waals surface area contributed by atoms with Crippen molar-refractivity contribution in [1.82, 2.24) is 5.06 Å². The smallest absolute Gasteiger partial charge is 0.287 e. The summed E-state index contributed by atoms with van der Waals surface area (Å²) in [4.78, 5) is 17.6. The van der Waals surface area contributed by atoms with Crippen LogP contribution in [-0.2, 0) is 4.84 Å². The lowest BCUT2D eigenvalue weighted by Gasteiger charge is -2.13. The Labute approximate surface area is 128 Å². The van der Waals surface area contributed by atoms with Gasteiger partial charge in [0.25, 0.3) is 5.91 Å². The molecule has 0 aliphatic heterocycles. The maximum Gasteiger partial charge on any atom is 0.287 e. The number of thiophene rings is 1. The molecule has 0 unspecified atom stereocenters. The van der Waals surface area contributed by atoms with Gasteiger partial charge < -0.3 is 9.47 Å². The first-order valence-corrected chi connectivity index (χ1v) is 7.38. The summed E-state index contributed by atoms with van der Waals surface area (Å²) in [6, 6.07) is 5.63. The molecular weight excluding hydrogens is 290 g/mol. The number of ether oxygens (including phenoxy) is 2. The van der Waals surface area contributed by atoms with Crippen LogP contribution in [0.3, 0.4) is 0 Å². The van der Waals surface area contributed by atoms with E-state index in [9.17, 15) is 4.79 Å². The van der Waals surface area contributed by atoms with Gasteiger partial charge in [-0.15, -0.1) is 11.3 Å². The SMILES string of the molecule is COc1cc2sc(C(=O)N(C)OC)cc2cc1OC(C)C. The average molecular weight is 309 g/mol. The molecular formula is C15H19NO4S. The maximum atomic E-state index is 12.1. The minimum absolute atomic E-state index is 0.0516. The molecule has 1 aromatic carbocycles. The highest BCUT2D eigenvalue weighted by Crippen LogP contribution is 2.37. The summed E-state index contributed by atoms with van der Waals surface area (Å²) in [7, 11) is 4.65. The second-order valence-corrected chi connectivity index (χ2v) is 5.89. The van der Waals surface area contributed by atoms with E-state index >= 15 is 0 Å². The fraction of sp³-hybridized carbons (Fsp3) is 0.400. The van der Waals surface area contributed by atoms with Gasteiger partial charge in [-0.3, -0.25) is 9.63 Å². The Morgan fingerprint density at radius 1 is 1.19 bits per heavy atom. The van der Waals surface area contributed by atoms with E-state index in [1.807, 2.05) is 32.0 Å². The molecule has 2 aromatic rings. The molecule has 0 saturated carbocycles. The molecule has 0 atom stereocenters. The van der Waals surface area contributed by atoms with Crippen LogP contribution in [0.25, 0.3) is 10.1 Å². The highest BCUT2D eigenvalue weighted by Gasteiger charge is 2.17. The van der Waals surface area contributed by atoms with Crippen molar-refractivity contribution in [1.29, 1.82) is 0 Å². The average Bonchev–Trinajstić information content (AvgIpc) is 2.86. The van der Waals surface area contributed by atoms with E-state index in [1.165, 1.54) is 23.5 Å². The summed E-state index contributed by atoms with van der Waals surface area (Å²) in [5.74, 6) is 1.16. The fourth-order valence-electron chi connectivity index (χ4n) is 1.90. The van der Waals surface area contributed by atoms with Crippen LogP contribution in [-0.4, -0.2) is 38.3 Å². The molecule has 2 rings (SSSR count). The van der Waals surface area contributed by atoms with Crippen LogP contribution in [0.15, 0.2) is 18.2 Å². The molecule has 1 amide bonds. The first kappa shape index (κ1) is 15.6. The lowest BCUT2D eigenvalue weighted by molar-refractivity contribution is -0.0753. The Hall–Kier alpha value is -1.79. The highest BCUT2D eigenvalue weighted by molar-refractivity contribution is 7.20. The van der Waals surface area contributed by atoms with Crippen molar-refractivity contribution in [3.05, 3.63) is 23.1 Å². The third-order valence-corrected chi connectivity index (χ3v) is 4.02. The van der Waals surface area contributed by atoms with Gasteiger partial charge in [0.15, 0.2) is 11.5 Å². The molecule has 5 nitrogen and oxygen atoms in total. The third-order valence-electron chi connectivity index (χ3n) is 2.94. The van der Waals surface area contributed by atoms with Crippen molar-refractivity contribution in [2.24, 2.45) is 0 Å². The van der Waals surface area contributed by atoms with Gasteiger partial charge in [-0.1, -0.05) is 0 Å². The number of methoxy groups -OCH3 is 1. The van der Waals surface area contributed by atoms with E-state index < -0.39 is 0 Å². The van der Waals surface area contributed by atoms with Crippen LogP contribution in [0.1, 0.15) is 23.5 Å². The number of rotatable bonds is 5. The molecule has 0 aliphatic carbocycles. The zero-order valence-corrected chi connectivity index (χ0v) is 13.6. The van der Waals surface area contributed by atoms with Crippen LogP contribution in [0.5, 0.6) is 11.5 Å². The number of benzene rings is 1. The molecule has 0 bridgehead atoms. The summed E-state index contributed by atoms with van der Waals surface area (Å²) in [5.41, 5.74) is 0. The Morgan fingerprint density at radius 3 is 2.48 bits per heavy atom. The van der Waals surface area contributed by atoms with Crippen molar-refractivity contribution < 1.29 is 19.1 Å². The molecule has 0 aliphatic rings. The summed E-state index contributed by atoms with van der Waals surface area (Å²) < 4.78 is 12.1. The lowest BCUT2D eigenvalue weighted by Crippen LogP contribution is -2.24. The fourth-order valence-corrected chi connectivity index (χ4v) is 2.94. The van der Waals surface area contributed by atoms with Gasteiger partial charge in [-0.25, -0.2) is 5.06 Å². The zero-order chi connectivity index (χ0) is 15.6. The Kier molecular flexibility index (Phi) is 4.69. The monoisotopic (exact) mass is 309 g/mol. The first-order valence-electron chi connectivity index (χ1n) is 6.56. The highest BCUT2D eigenvalue weighted by atomic mass is 32.1.